The van der Waals surface area contributed by atoms with Crippen LogP contribution in [0.3, 0.4) is 0 Å². The number of hydrogen-bond donors (Lipinski definition) is 1. The molecule has 3 aromatic rings. The fourth-order valence-corrected chi connectivity index (χ4v) is 2.44. The van der Waals surface area contributed by atoms with Crippen molar-refractivity contribution in [3.05, 3.63) is 88.6 Å². The molecule has 0 spiro atoms. The lowest BCUT2D eigenvalue weighted by Gasteiger charge is -2.05. The second-order valence-electron chi connectivity index (χ2n) is 5.42. The molecule has 0 radical (unpaired) electrons. The van der Waals surface area contributed by atoms with Crippen molar-refractivity contribution in [2.45, 2.75) is 6.61 Å². The number of furan rings is 1. The zero-order valence-corrected chi connectivity index (χ0v) is 14.2. The average molecular weight is 373 g/mol. The largest absolute Gasteiger partial charge is 0.508 e. The van der Waals surface area contributed by atoms with Crippen molar-refractivity contribution in [1.29, 1.82) is 0 Å². The quantitative estimate of drug-likeness (QED) is 0.474. The van der Waals surface area contributed by atoms with Crippen molar-refractivity contribution in [3.63, 3.8) is 0 Å². The van der Waals surface area contributed by atoms with Crippen molar-refractivity contribution in [1.82, 2.24) is 0 Å². The number of carbonyl (C=O) groups excluding carboxylic acids is 1. The first kappa shape index (κ1) is 17.8. The lowest BCUT2D eigenvalue weighted by atomic mass is 10.1. The average Bonchev–Trinajstić information content (AvgIpc) is 3.07. The molecule has 0 aliphatic heterocycles. The van der Waals surface area contributed by atoms with E-state index in [0.29, 0.717) is 22.8 Å². The minimum Gasteiger partial charge on any atom is -0.508 e. The van der Waals surface area contributed by atoms with Gasteiger partial charge in [-0.15, -0.1) is 0 Å². The molecular weight excluding hydrogens is 359 g/mol. The first-order valence-electron chi connectivity index (χ1n) is 7.69. The van der Waals surface area contributed by atoms with Gasteiger partial charge in [0.15, 0.2) is 5.78 Å². The lowest BCUT2D eigenvalue weighted by molar-refractivity contribution is 0.104. The van der Waals surface area contributed by atoms with Crippen molar-refractivity contribution < 1.29 is 23.4 Å². The maximum Gasteiger partial charge on any atom is 0.186 e. The SMILES string of the molecule is O=C(/C=C/c1ccc(COc2ccc(F)cc2Cl)o1)c1cccc(O)c1. The summed E-state index contributed by atoms with van der Waals surface area (Å²) in [6.07, 6.45) is 2.88. The van der Waals surface area contributed by atoms with Crippen LogP contribution < -0.4 is 4.74 Å². The van der Waals surface area contributed by atoms with Crippen LogP contribution >= 0.6 is 11.6 Å². The van der Waals surface area contributed by atoms with Crippen LogP contribution in [-0.4, -0.2) is 10.9 Å². The highest BCUT2D eigenvalue weighted by atomic mass is 35.5. The normalized spacial score (nSPS) is 11.0. The van der Waals surface area contributed by atoms with Crippen LogP contribution in [0.15, 0.2) is 65.1 Å². The summed E-state index contributed by atoms with van der Waals surface area (Å²) in [4.78, 5) is 12.0. The summed E-state index contributed by atoms with van der Waals surface area (Å²) in [6, 6.07) is 13.3. The Balaban J connectivity index is 1.61. The molecule has 2 aromatic carbocycles. The number of carbonyl (C=O) groups is 1. The molecule has 0 bridgehead atoms. The van der Waals surface area contributed by atoms with E-state index in [0.717, 1.165) is 0 Å². The number of benzene rings is 2. The minimum absolute atomic E-state index is 0.0288. The fourth-order valence-electron chi connectivity index (χ4n) is 2.22. The number of rotatable bonds is 6. The van der Waals surface area contributed by atoms with Gasteiger partial charge in [0, 0.05) is 5.56 Å². The summed E-state index contributed by atoms with van der Waals surface area (Å²) in [7, 11) is 0. The first-order valence-corrected chi connectivity index (χ1v) is 8.07. The highest BCUT2D eigenvalue weighted by molar-refractivity contribution is 6.32. The van der Waals surface area contributed by atoms with Gasteiger partial charge in [-0.3, -0.25) is 4.79 Å². The summed E-state index contributed by atoms with van der Waals surface area (Å²) >= 11 is 5.89. The fraction of sp³-hybridized carbons (Fsp3) is 0.0500. The van der Waals surface area contributed by atoms with Gasteiger partial charge in [-0.05, 0) is 54.6 Å². The molecule has 132 valence electrons. The maximum atomic E-state index is 13.0. The van der Waals surface area contributed by atoms with Gasteiger partial charge in [0.1, 0.15) is 35.4 Å². The summed E-state index contributed by atoms with van der Waals surface area (Å²) in [6.45, 7) is 0.111. The van der Waals surface area contributed by atoms with E-state index in [1.165, 1.54) is 42.5 Å². The van der Waals surface area contributed by atoms with Crippen LogP contribution in [0, 0.1) is 5.82 Å². The number of allylic oxidation sites excluding steroid dienone is 1. The second-order valence-corrected chi connectivity index (χ2v) is 5.82. The van der Waals surface area contributed by atoms with Crippen LogP contribution in [0.5, 0.6) is 11.5 Å². The van der Waals surface area contributed by atoms with E-state index in [9.17, 15) is 14.3 Å². The van der Waals surface area contributed by atoms with Gasteiger partial charge in [-0.1, -0.05) is 23.7 Å². The van der Waals surface area contributed by atoms with Gasteiger partial charge in [0.2, 0.25) is 0 Å². The van der Waals surface area contributed by atoms with Gasteiger partial charge in [0.05, 0.1) is 5.02 Å². The molecule has 0 amide bonds. The third kappa shape index (κ3) is 4.52. The molecule has 0 atom stereocenters. The molecule has 26 heavy (non-hydrogen) atoms. The molecule has 0 aliphatic rings. The monoisotopic (exact) mass is 372 g/mol. The number of ketones is 1. The number of hydrogen-bond acceptors (Lipinski definition) is 4. The predicted molar refractivity (Wildman–Crippen MR) is 95.9 cm³/mol. The van der Waals surface area contributed by atoms with Gasteiger partial charge in [-0.25, -0.2) is 4.39 Å². The van der Waals surface area contributed by atoms with Gasteiger partial charge in [0.25, 0.3) is 0 Å². The second kappa shape index (κ2) is 7.89. The number of phenols is 1. The van der Waals surface area contributed by atoms with Crippen molar-refractivity contribution in [2.24, 2.45) is 0 Å². The van der Waals surface area contributed by atoms with E-state index in [4.69, 9.17) is 20.8 Å². The Bertz CT molecular complexity index is 962. The molecule has 3 rings (SSSR count). The molecule has 1 aromatic heterocycles. The molecule has 1 N–H and O–H groups in total. The van der Waals surface area contributed by atoms with Crippen LogP contribution in [0.4, 0.5) is 4.39 Å². The Morgan fingerprint density at radius 3 is 2.81 bits per heavy atom. The summed E-state index contributed by atoms with van der Waals surface area (Å²) in [5.41, 5.74) is 0.377. The zero-order valence-electron chi connectivity index (χ0n) is 13.5. The smallest absolute Gasteiger partial charge is 0.186 e. The maximum absolute atomic E-state index is 13.0. The Kier molecular flexibility index (Phi) is 5.39. The molecule has 1 heterocycles. The van der Waals surface area contributed by atoms with E-state index in [2.05, 4.69) is 0 Å². The third-order valence-corrected chi connectivity index (χ3v) is 3.77. The van der Waals surface area contributed by atoms with Crippen molar-refractivity contribution in [2.75, 3.05) is 0 Å². The molecule has 6 heteroatoms. The highest BCUT2D eigenvalue weighted by Crippen LogP contribution is 2.26. The standard InChI is InChI=1S/C20H14ClFO4/c21-18-11-14(22)4-9-20(18)25-12-17-6-5-16(26-17)7-8-19(24)13-2-1-3-15(23)10-13/h1-11,23H,12H2/b8-7+. The summed E-state index contributed by atoms with van der Waals surface area (Å²) < 4.78 is 24.0. The van der Waals surface area contributed by atoms with Crippen LogP contribution in [0.25, 0.3) is 6.08 Å². The number of phenolic OH excluding ortho intramolecular Hbond substituents is 1. The van der Waals surface area contributed by atoms with Gasteiger partial charge >= 0.3 is 0 Å². The predicted octanol–water partition coefficient (Wildman–Crippen LogP) is 5.25. The number of halogens is 2. The summed E-state index contributed by atoms with van der Waals surface area (Å²) in [5.74, 6) is 0.677. The molecule has 0 unspecified atom stereocenters. The van der Waals surface area contributed by atoms with Crippen LogP contribution in [0.1, 0.15) is 21.9 Å². The van der Waals surface area contributed by atoms with Crippen LogP contribution in [0.2, 0.25) is 5.02 Å². The zero-order chi connectivity index (χ0) is 18.5. The van der Waals surface area contributed by atoms with Crippen molar-refractivity contribution >= 4 is 23.5 Å². The Morgan fingerprint density at radius 2 is 2.04 bits per heavy atom. The van der Waals surface area contributed by atoms with E-state index < -0.39 is 5.82 Å². The lowest BCUT2D eigenvalue weighted by Crippen LogP contribution is -1.94. The first-order chi connectivity index (χ1) is 12.5. The summed E-state index contributed by atoms with van der Waals surface area (Å²) in [5, 5.41) is 9.57. The molecule has 4 nitrogen and oxygen atoms in total. The van der Waals surface area contributed by atoms with E-state index in [1.54, 1.807) is 24.3 Å². The Hall–Kier alpha value is -3.05. The minimum atomic E-state index is -0.441. The molecule has 0 aliphatic carbocycles. The molecule has 0 saturated heterocycles. The van der Waals surface area contributed by atoms with E-state index in [1.807, 2.05) is 0 Å². The third-order valence-electron chi connectivity index (χ3n) is 3.48. The topological polar surface area (TPSA) is 59.7 Å². The molecular formula is C20H14ClFO4. The molecule has 0 saturated carbocycles. The Labute approximate surface area is 154 Å². The van der Waals surface area contributed by atoms with E-state index >= 15 is 0 Å². The number of ether oxygens (including phenoxy) is 1. The molecule has 0 fully saturated rings. The van der Waals surface area contributed by atoms with Gasteiger partial charge in [-0.2, -0.15) is 0 Å². The Morgan fingerprint density at radius 1 is 1.19 bits per heavy atom. The van der Waals surface area contributed by atoms with E-state index in [-0.39, 0.29) is 23.2 Å². The van der Waals surface area contributed by atoms with Gasteiger partial charge < -0.3 is 14.3 Å². The van der Waals surface area contributed by atoms with Crippen LogP contribution in [-0.2, 0) is 6.61 Å². The number of aromatic hydroxyl groups is 1. The highest BCUT2D eigenvalue weighted by Gasteiger charge is 2.07. The van der Waals surface area contributed by atoms with Crippen molar-refractivity contribution in [3.8, 4) is 11.5 Å².